The maximum Gasteiger partial charge on any atom is 0.360 e. The van der Waals surface area contributed by atoms with Crippen LogP contribution < -0.4 is 4.74 Å². The number of aromatic carboxylic acids is 1. The first-order valence-electron chi connectivity index (χ1n) is 11.9. The predicted octanol–water partition coefficient (Wildman–Crippen LogP) is 5.05. The number of ether oxygens (including phenoxy) is 1. The summed E-state index contributed by atoms with van der Waals surface area (Å²) < 4.78 is 8.07. The first kappa shape index (κ1) is 23.8. The van der Waals surface area contributed by atoms with Gasteiger partial charge in [0.2, 0.25) is 0 Å². The largest absolute Gasteiger partial charge is 0.478 e. The van der Waals surface area contributed by atoms with E-state index in [-0.39, 0.29) is 11.3 Å². The van der Waals surface area contributed by atoms with Gasteiger partial charge >= 0.3 is 11.9 Å². The van der Waals surface area contributed by atoms with Crippen LogP contribution in [0.1, 0.15) is 54.9 Å². The molecule has 2 aromatic carbocycles. The topological polar surface area (TPSA) is 92.0 Å². The number of fused-ring (bicyclic) bond motifs is 1. The number of benzene rings is 2. The fourth-order valence-electron chi connectivity index (χ4n) is 4.78. The van der Waals surface area contributed by atoms with E-state index in [9.17, 15) is 19.8 Å². The Morgan fingerprint density at radius 1 is 1.03 bits per heavy atom. The van der Waals surface area contributed by atoms with Crippen LogP contribution in [0.2, 0.25) is 0 Å². The van der Waals surface area contributed by atoms with Gasteiger partial charge in [0, 0.05) is 36.7 Å². The summed E-state index contributed by atoms with van der Waals surface area (Å²) in [6.45, 7) is 6.57. The quantitative estimate of drug-likeness (QED) is 0.460. The van der Waals surface area contributed by atoms with Gasteiger partial charge in [-0.05, 0) is 54.9 Å². The average Bonchev–Trinajstić information content (AvgIpc) is 3.20. The molecule has 0 aliphatic carbocycles. The molecule has 1 saturated heterocycles. The minimum atomic E-state index is -1.23. The lowest BCUT2D eigenvalue weighted by molar-refractivity contribution is -0.155. The molecule has 1 unspecified atom stereocenters. The number of carboxylic acid groups (broad SMARTS) is 2. The summed E-state index contributed by atoms with van der Waals surface area (Å²) in [4.78, 5) is 25.3. The molecular weight excluding hydrogens is 432 g/mol. The summed E-state index contributed by atoms with van der Waals surface area (Å²) in [7, 11) is 0. The van der Waals surface area contributed by atoms with Crippen LogP contribution in [-0.4, -0.2) is 50.9 Å². The molecule has 1 fully saturated rings. The Morgan fingerprint density at radius 3 is 2.38 bits per heavy atom. The number of hydrogen-bond donors (Lipinski definition) is 2. The first-order chi connectivity index (χ1) is 16.3. The third kappa shape index (κ3) is 5.09. The number of carbonyl (C=O) groups is 2. The van der Waals surface area contributed by atoms with E-state index in [0.29, 0.717) is 24.9 Å². The molecule has 1 aliphatic rings. The van der Waals surface area contributed by atoms with Crippen molar-refractivity contribution < 1.29 is 24.5 Å². The molecule has 0 radical (unpaired) electrons. The van der Waals surface area contributed by atoms with Gasteiger partial charge in [-0.15, -0.1) is 0 Å². The van der Waals surface area contributed by atoms with Gasteiger partial charge in [0.1, 0.15) is 11.3 Å². The number of nitrogens with zero attached hydrogens (tertiary/aromatic N) is 2. The van der Waals surface area contributed by atoms with Gasteiger partial charge in [0.15, 0.2) is 0 Å². The summed E-state index contributed by atoms with van der Waals surface area (Å²) in [6.07, 6.45) is 3.79. The number of hydrogen-bond acceptors (Lipinski definition) is 4. The molecule has 1 atom stereocenters. The van der Waals surface area contributed by atoms with Gasteiger partial charge in [0.05, 0.1) is 0 Å². The van der Waals surface area contributed by atoms with Gasteiger partial charge < -0.3 is 19.5 Å². The Morgan fingerprint density at radius 2 is 1.71 bits per heavy atom. The number of likely N-dealkylation sites (tertiary alicyclic amines) is 1. The molecule has 2 heterocycles. The number of aromatic nitrogens is 1. The van der Waals surface area contributed by atoms with Crippen molar-refractivity contribution in [2.75, 3.05) is 13.1 Å². The second kappa shape index (κ2) is 10.3. The molecule has 0 bridgehead atoms. The Bertz CT molecular complexity index is 1160. The molecule has 0 saturated carbocycles. The molecule has 7 nitrogen and oxygen atoms in total. The highest BCUT2D eigenvalue weighted by Gasteiger charge is 2.33. The number of aliphatic carboxylic acids is 1. The highest BCUT2D eigenvalue weighted by atomic mass is 16.5. The first-order valence-corrected chi connectivity index (χ1v) is 11.9. The fourth-order valence-corrected chi connectivity index (χ4v) is 4.78. The Balaban J connectivity index is 1.50. The molecule has 3 aromatic rings. The van der Waals surface area contributed by atoms with Crippen LogP contribution in [0, 0.1) is 5.92 Å². The number of para-hydroxylation sites is 2. The van der Waals surface area contributed by atoms with Crippen LogP contribution >= 0.6 is 0 Å². The van der Waals surface area contributed by atoms with Crippen molar-refractivity contribution in [2.45, 2.75) is 51.8 Å². The van der Waals surface area contributed by atoms with Crippen molar-refractivity contribution in [3.05, 3.63) is 65.9 Å². The van der Waals surface area contributed by atoms with Crippen LogP contribution in [0.3, 0.4) is 0 Å². The number of aryl methyl sites for hydroxylation is 1. The monoisotopic (exact) mass is 464 g/mol. The molecule has 7 heteroatoms. The van der Waals surface area contributed by atoms with Crippen molar-refractivity contribution in [3.8, 4) is 5.75 Å². The zero-order valence-electron chi connectivity index (χ0n) is 19.7. The zero-order valence-corrected chi connectivity index (χ0v) is 19.7. The van der Waals surface area contributed by atoms with E-state index < -0.39 is 18.2 Å². The van der Waals surface area contributed by atoms with Gasteiger partial charge in [-0.25, -0.2) is 9.59 Å². The summed E-state index contributed by atoms with van der Waals surface area (Å²) in [5.41, 5.74) is 2.53. The predicted molar refractivity (Wildman–Crippen MR) is 130 cm³/mol. The summed E-state index contributed by atoms with van der Waals surface area (Å²) in [5, 5.41) is 20.5. The molecular formula is C27H32N2O5. The molecule has 34 heavy (non-hydrogen) atoms. The van der Waals surface area contributed by atoms with Gasteiger partial charge in [-0.1, -0.05) is 44.2 Å². The molecule has 1 aromatic heterocycles. The molecule has 180 valence electrons. The fraction of sp³-hybridized carbons (Fsp3) is 0.407. The maximum atomic E-state index is 12.0. The van der Waals surface area contributed by atoms with E-state index in [1.165, 1.54) is 28.6 Å². The van der Waals surface area contributed by atoms with Gasteiger partial charge in [-0.3, -0.25) is 4.90 Å². The van der Waals surface area contributed by atoms with Crippen molar-refractivity contribution in [3.63, 3.8) is 0 Å². The van der Waals surface area contributed by atoms with E-state index in [2.05, 4.69) is 48.9 Å². The molecule has 2 N–H and O–H groups in total. The van der Waals surface area contributed by atoms with Crippen molar-refractivity contribution >= 4 is 22.8 Å². The number of rotatable bonds is 9. The summed E-state index contributed by atoms with van der Waals surface area (Å²) in [5.74, 6) is -1.23. The van der Waals surface area contributed by atoms with E-state index in [1.54, 1.807) is 17.0 Å². The zero-order chi connectivity index (χ0) is 24.2. The Hall–Kier alpha value is -3.32. The van der Waals surface area contributed by atoms with E-state index in [1.807, 2.05) is 0 Å². The molecule has 1 aliphatic heterocycles. The second-order valence-electron chi connectivity index (χ2n) is 9.40. The van der Waals surface area contributed by atoms with Crippen LogP contribution in [0.15, 0.2) is 54.7 Å². The number of carboxylic acids is 2. The van der Waals surface area contributed by atoms with Gasteiger partial charge in [-0.2, -0.15) is 0 Å². The standard InChI is InChI=1S/C27H32N2O5/c1-18(2)11-14-29-17-22(20-7-3-5-9-23(20)29)19-12-15-28(16-13-19)25(27(32)33)34-24-10-6-4-8-21(24)26(30)31/h3-10,17-19,25H,11-16H2,1-2H3,(H,30,31)(H,32,33). The average molecular weight is 465 g/mol. The molecule has 0 spiro atoms. The summed E-state index contributed by atoms with van der Waals surface area (Å²) in [6, 6.07) is 14.6. The third-order valence-corrected chi connectivity index (χ3v) is 6.64. The Labute approximate surface area is 199 Å². The SMILES string of the molecule is CC(C)CCn1cc(C2CCN(C(Oc3ccccc3C(=O)O)C(=O)O)CC2)c2ccccc21. The number of piperidine rings is 1. The van der Waals surface area contributed by atoms with Crippen LogP contribution in [-0.2, 0) is 11.3 Å². The van der Waals surface area contributed by atoms with E-state index >= 15 is 0 Å². The van der Waals surface area contributed by atoms with Crippen LogP contribution in [0.25, 0.3) is 10.9 Å². The molecule has 4 rings (SSSR count). The van der Waals surface area contributed by atoms with Crippen LogP contribution in [0.5, 0.6) is 5.75 Å². The highest BCUT2D eigenvalue weighted by Crippen LogP contribution is 2.35. The molecule has 0 amide bonds. The van der Waals surface area contributed by atoms with Gasteiger partial charge in [0.25, 0.3) is 6.23 Å². The third-order valence-electron chi connectivity index (χ3n) is 6.64. The van der Waals surface area contributed by atoms with E-state index in [4.69, 9.17) is 4.74 Å². The minimum Gasteiger partial charge on any atom is -0.478 e. The lowest BCUT2D eigenvalue weighted by atomic mass is 9.89. The second-order valence-corrected chi connectivity index (χ2v) is 9.40. The maximum absolute atomic E-state index is 12.0. The smallest absolute Gasteiger partial charge is 0.360 e. The Kier molecular flexibility index (Phi) is 7.22. The lowest BCUT2D eigenvalue weighted by Gasteiger charge is -2.35. The normalized spacial score (nSPS) is 16.1. The summed E-state index contributed by atoms with van der Waals surface area (Å²) >= 11 is 0. The van der Waals surface area contributed by atoms with Crippen molar-refractivity contribution in [1.82, 2.24) is 9.47 Å². The van der Waals surface area contributed by atoms with E-state index in [0.717, 1.165) is 25.8 Å². The van der Waals surface area contributed by atoms with Crippen LogP contribution in [0.4, 0.5) is 0 Å². The lowest BCUT2D eigenvalue weighted by Crippen LogP contribution is -2.48. The highest BCUT2D eigenvalue weighted by molar-refractivity contribution is 5.91. The van der Waals surface area contributed by atoms with Crippen molar-refractivity contribution in [2.24, 2.45) is 5.92 Å². The van der Waals surface area contributed by atoms with Crippen molar-refractivity contribution in [1.29, 1.82) is 0 Å². The minimum absolute atomic E-state index is 0.0437.